The van der Waals surface area contributed by atoms with E-state index in [-0.39, 0.29) is 12.2 Å². The van der Waals surface area contributed by atoms with Gasteiger partial charge in [-0.05, 0) is 39.5 Å². The van der Waals surface area contributed by atoms with E-state index in [1.807, 2.05) is 20.8 Å². The van der Waals surface area contributed by atoms with Gasteiger partial charge in [0, 0.05) is 6.04 Å². The summed E-state index contributed by atoms with van der Waals surface area (Å²) in [7, 11) is 0. The maximum atomic E-state index is 11.8. The predicted molar refractivity (Wildman–Crippen MR) is 55.5 cm³/mol. The van der Waals surface area contributed by atoms with Crippen molar-refractivity contribution in [1.29, 1.82) is 0 Å². The lowest BCUT2D eigenvalue weighted by Crippen LogP contribution is -2.60. The molecular weight excluding hydrogens is 194 g/mol. The molecule has 15 heavy (non-hydrogen) atoms. The van der Waals surface area contributed by atoms with Crippen molar-refractivity contribution in [3.8, 4) is 0 Å². The first kappa shape index (κ1) is 10.7. The lowest BCUT2D eigenvalue weighted by atomic mass is 9.72. The van der Waals surface area contributed by atoms with Gasteiger partial charge in [-0.3, -0.25) is 0 Å². The lowest BCUT2D eigenvalue weighted by molar-refractivity contribution is -0.0855. The quantitative estimate of drug-likeness (QED) is 0.661. The minimum absolute atomic E-state index is 0.287. The zero-order chi connectivity index (χ0) is 11.2. The number of fused-ring (bicyclic) bond motifs is 2. The molecule has 3 rings (SSSR count). The van der Waals surface area contributed by atoms with Crippen molar-refractivity contribution in [2.75, 3.05) is 6.54 Å². The van der Waals surface area contributed by atoms with Gasteiger partial charge in [-0.2, -0.15) is 0 Å². The Bertz CT molecular complexity index is 265. The highest BCUT2D eigenvalue weighted by Crippen LogP contribution is 2.40. The second kappa shape index (κ2) is 3.37. The fourth-order valence-corrected chi connectivity index (χ4v) is 2.24. The lowest BCUT2D eigenvalue weighted by Gasteiger charge is -2.51. The minimum Gasteiger partial charge on any atom is -0.444 e. The molecule has 3 fully saturated rings. The van der Waals surface area contributed by atoms with Gasteiger partial charge in [0.25, 0.3) is 0 Å². The third-order valence-corrected chi connectivity index (χ3v) is 3.15. The summed E-state index contributed by atoms with van der Waals surface area (Å²) in [5, 5.41) is 9.68. The SMILES string of the molecule is CC(C)(C)OC(=O)N1CC(O)C2CC1C2. The number of hydrogen-bond acceptors (Lipinski definition) is 3. The van der Waals surface area contributed by atoms with E-state index in [4.69, 9.17) is 4.74 Å². The topological polar surface area (TPSA) is 49.8 Å². The molecule has 1 N–H and O–H groups in total. The maximum absolute atomic E-state index is 11.8. The van der Waals surface area contributed by atoms with Crippen LogP contribution in [0, 0.1) is 5.92 Å². The fourth-order valence-electron chi connectivity index (χ4n) is 2.24. The average Bonchev–Trinajstić information content (AvgIpc) is 1.97. The van der Waals surface area contributed by atoms with Crippen LogP contribution in [0.2, 0.25) is 0 Å². The van der Waals surface area contributed by atoms with E-state index >= 15 is 0 Å². The Kier molecular flexibility index (Phi) is 2.41. The van der Waals surface area contributed by atoms with Crippen LogP contribution in [0.3, 0.4) is 0 Å². The van der Waals surface area contributed by atoms with E-state index in [1.165, 1.54) is 0 Å². The average molecular weight is 213 g/mol. The molecule has 0 aromatic rings. The first-order valence-electron chi connectivity index (χ1n) is 5.54. The van der Waals surface area contributed by atoms with Crippen LogP contribution < -0.4 is 0 Å². The number of hydrogen-bond donors (Lipinski definition) is 1. The van der Waals surface area contributed by atoms with Gasteiger partial charge in [-0.25, -0.2) is 4.79 Å². The molecule has 4 heteroatoms. The molecule has 2 heterocycles. The minimum atomic E-state index is -0.456. The molecule has 2 aliphatic heterocycles. The monoisotopic (exact) mass is 213 g/mol. The van der Waals surface area contributed by atoms with E-state index in [0.717, 1.165) is 12.8 Å². The maximum Gasteiger partial charge on any atom is 0.410 e. The van der Waals surface area contributed by atoms with Crippen LogP contribution in [-0.4, -0.2) is 40.4 Å². The zero-order valence-corrected chi connectivity index (χ0v) is 9.56. The van der Waals surface area contributed by atoms with Crippen molar-refractivity contribution in [2.24, 2.45) is 5.92 Å². The number of carbonyl (C=O) groups excluding carboxylic acids is 1. The van der Waals surface area contributed by atoms with E-state index in [9.17, 15) is 9.90 Å². The normalized spacial score (nSPS) is 34.7. The number of ether oxygens (including phenoxy) is 1. The largest absolute Gasteiger partial charge is 0.444 e. The molecular formula is C11H19NO3. The molecule has 1 amide bonds. The van der Waals surface area contributed by atoms with E-state index in [1.54, 1.807) is 4.90 Å². The van der Waals surface area contributed by atoms with E-state index in [2.05, 4.69) is 0 Å². The Morgan fingerprint density at radius 1 is 1.40 bits per heavy atom. The Balaban J connectivity index is 1.95. The molecule has 0 spiro atoms. The summed E-state index contributed by atoms with van der Waals surface area (Å²) in [6.45, 7) is 6.00. The standard InChI is InChI=1S/C11H19NO3/c1-11(2,3)15-10(14)12-6-9(13)7-4-8(12)5-7/h7-9,13H,4-6H2,1-3H3. The molecule has 1 aliphatic carbocycles. The third-order valence-electron chi connectivity index (χ3n) is 3.15. The first-order valence-corrected chi connectivity index (χ1v) is 5.54. The van der Waals surface area contributed by atoms with Crippen LogP contribution in [0.25, 0.3) is 0 Å². The summed E-state index contributed by atoms with van der Waals surface area (Å²) in [5.74, 6) is 0.411. The van der Waals surface area contributed by atoms with Crippen molar-refractivity contribution in [3.05, 3.63) is 0 Å². The summed E-state index contributed by atoms with van der Waals surface area (Å²) < 4.78 is 5.30. The van der Waals surface area contributed by atoms with Crippen LogP contribution in [-0.2, 0) is 4.74 Å². The van der Waals surface area contributed by atoms with Gasteiger partial charge in [-0.15, -0.1) is 0 Å². The molecule has 1 saturated carbocycles. The molecule has 86 valence electrons. The number of amides is 1. The number of aliphatic hydroxyl groups excluding tert-OH is 1. The Morgan fingerprint density at radius 2 is 2.00 bits per heavy atom. The van der Waals surface area contributed by atoms with Crippen molar-refractivity contribution in [1.82, 2.24) is 4.90 Å². The van der Waals surface area contributed by atoms with Gasteiger partial charge < -0.3 is 14.7 Å². The highest BCUT2D eigenvalue weighted by molar-refractivity contribution is 5.69. The molecule has 3 aliphatic rings. The molecule has 1 atom stereocenters. The number of rotatable bonds is 0. The van der Waals surface area contributed by atoms with E-state index < -0.39 is 5.60 Å². The van der Waals surface area contributed by atoms with Crippen molar-refractivity contribution in [3.63, 3.8) is 0 Å². The Labute approximate surface area is 90.2 Å². The van der Waals surface area contributed by atoms with Gasteiger partial charge in [0.1, 0.15) is 5.60 Å². The van der Waals surface area contributed by atoms with Gasteiger partial charge in [0.15, 0.2) is 0 Å². The summed E-state index contributed by atoms with van der Waals surface area (Å²) in [6, 6.07) is 0.299. The highest BCUT2D eigenvalue weighted by atomic mass is 16.6. The van der Waals surface area contributed by atoms with Crippen molar-refractivity contribution < 1.29 is 14.6 Å². The number of nitrogens with zero attached hydrogens (tertiary/aromatic N) is 1. The van der Waals surface area contributed by atoms with Gasteiger partial charge in [0.05, 0.1) is 12.6 Å². The zero-order valence-electron chi connectivity index (χ0n) is 9.56. The molecule has 0 aromatic carbocycles. The van der Waals surface area contributed by atoms with Gasteiger partial charge >= 0.3 is 6.09 Å². The van der Waals surface area contributed by atoms with Crippen LogP contribution in [0.15, 0.2) is 0 Å². The molecule has 4 nitrogen and oxygen atoms in total. The molecule has 2 bridgehead atoms. The van der Waals surface area contributed by atoms with Crippen LogP contribution in [0.1, 0.15) is 33.6 Å². The second-order valence-corrected chi connectivity index (χ2v) is 5.59. The highest BCUT2D eigenvalue weighted by Gasteiger charge is 2.46. The summed E-state index contributed by atoms with van der Waals surface area (Å²) in [5.41, 5.74) is -0.456. The Hall–Kier alpha value is -0.770. The molecule has 2 saturated heterocycles. The number of aliphatic hydroxyl groups is 1. The van der Waals surface area contributed by atoms with Gasteiger partial charge in [-0.1, -0.05) is 0 Å². The van der Waals surface area contributed by atoms with Crippen LogP contribution in [0.5, 0.6) is 0 Å². The fraction of sp³-hybridized carbons (Fsp3) is 0.909. The van der Waals surface area contributed by atoms with Crippen molar-refractivity contribution in [2.45, 2.75) is 51.4 Å². The second-order valence-electron chi connectivity index (χ2n) is 5.59. The van der Waals surface area contributed by atoms with Crippen LogP contribution >= 0.6 is 0 Å². The molecule has 0 aromatic heterocycles. The number of piperidine rings is 2. The summed E-state index contributed by atoms with van der Waals surface area (Å²) in [6.07, 6.45) is 1.22. The van der Waals surface area contributed by atoms with Crippen molar-refractivity contribution >= 4 is 6.09 Å². The Morgan fingerprint density at radius 3 is 2.47 bits per heavy atom. The first-order chi connectivity index (χ1) is 6.87. The molecule has 0 radical (unpaired) electrons. The smallest absolute Gasteiger partial charge is 0.410 e. The summed E-state index contributed by atoms with van der Waals surface area (Å²) >= 11 is 0. The predicted octanol–water partition coefficient (Wildman–Crippen LogP) is 1.38. The third kappa shape index (κ3) is 2.09. The van der Waals surface area contributed by atoms with Crippen LogP contribution in [0.4, 0.5) is 4.79 Å². The molecule has 1 unspecified atom stereocenters. The van der Waals surface area contributed by atoms with E-state index in [0.29, 0.717) is 18.5 Å². The summed E-state index contributed by atoms with van der Waals surface area (Å²) in [4.78, 5) is 13.5. The number of carbonyl (C=O) groups is 1. The van der Waals surface area contributed by atoms with Gasteiger partial charge in [0.2, 0.25) is 0 Å².